The molecule has 0 saturated carbocycles. The normalized spacial score (nSPS) is 11.5. The van der Waals surface area contributed by atoms with Crippen LogP contribution in [-0.2, 0) is 0 Å². The number of para-hydroxylation sites is 2. The molecule has 0 spiro atoms. The molecule has 0 atom stereocenters. The molecule has 3 nitrogen and oxygen atoms in total. The number of hydrogen-bond acceptors (Lipinski definition) is 1. The standard InChI is InChI=1S/C59H39N3/c1-4-15-40(16-5-1)41-27-31-48(32-28-41)61-56-25-12-10-23-50(56)52-33-29-45(38-58(52)61)46-30-34-53-51-24-11-13-26-57(51)62(59(53)39-46)49-22-14-21-44(35-49)47-36-54(42-17-6-2-7-18-42)60-55(37-47)43-19-8-3-9-20-43/h1-39H. The van der Waals surface area contributed by atoms with E-state index in [1.54, 1.807) is 0 Å². The quantitative estimate of drug-likeness (QED) is 0.158. The molecule has 62 heavy (non-hydrogen) atoms. The Morgan fingerprint density at radius 2 is 0.629 bits per heavy atom. The molecular weight excluding hydrogens is 751 g/mol. The van der Waals surface area contributed by atoms with Gasteiger partial charge in [-0.3, -0.25) is 0 Å². The highest BCUT2D eigenvalue weighted by Gasteiger charge is 2.17. The van der Waals surface area contributed by atoms with Gasteiger partial charge in [-0.25, -0.2) is 4.98 Å². The van der Waals surface area contributed by atoms with Crippen LogP contribution in [-0.4, -0.2) is 14.1 Å². The first-order valence-corrected chi connectivity index (χ1v) is 21.2. The minimum atomic E-state index is 0.953. The van der Waals surface area contributed by atoms with Gasteiger partial charge in [0.1, 0.15) is 0 Å². The minimum absolute atomic E-state index is 0.953. The average Bonchev–Trinajstić information content (AvgIpc) is 3.87. The van der Waals surface area contributed by atoms with Crippen LogP contribution in [0.15, 0.2) is 237 Å². The molecule has 0 bridgehead atoms. The summed E-state index contributed by atoms with van der Waals surface area (Å²) in [7, 11) is 0. The fraction of sp³-hybridized carbons (Fsp3) is 0. The minimum Gasteiger partial charge on any atom is -0.309 e. The maximum atomic E-state index is 5.15. The summed E-state index contributed by atoms with van der Waals surface area (Å²) in [4.78, 5) is 5.15. The number of fused-ring (bicyclic) bond motifs is 6. The molecule has 9 aromatic carbocycles. The molecule has 0 aliphatic carbocycles. The van der Waals surface area contributed by atoms with E-state index in [9.17, 15) is 0 Å². The largest absolute Gasteiger partial charge is 0.309 e. The molecule has 3 heterocycles. The highest BCUT2D eigenvalue weighted by atomic mass is 15.0. The molecule has 290 valence electrons. The monoisotopic (exact) mass is 789 g/mol. The van der Waals surface area contributed by atoms with Crippen molar-refractivity contribution in [1.29, 1.82) is 0 Å². The topological polar surface area (TPSA) is 22.8 Å². The number of rotatable bonds is 7. The van der Waals surface area contributed by atoms with E-state index in [1.807, 2.05) is 0 Å². The zero-order valence-electron chi connectivity index (χ0n) is 33.9. The third-order valence-corrected chi connectivity index (χ3v) is 12.3. The van der Waals surface area contributed by atoms with E-state index in [1.165, 1.54) is 65.9 Å². The third-order valence-electron chi connectivity index (χ3n) is 12.3. The van der Waals surface area contributed by atoms with Gasteiger partial charge in [0, 0.05) is 44.0 Å². The van der Waals surface area contributed by atoms with Gasteiger partial charge in [0.05, 0.1) is 33.5 Å². The summed E-state index contributed by atoms with van der Waals surface area (Å²) < 4.78 is 4.84. The van der Waals surface area contributed by atoms with Crippen molar-refractivity contribution in [3.63, 3.8) is 0 Å². The summed E-state index contributed by atoms with van der Waals surface area (Å²) in [6, 6.07) is 85.3. The maximum absolute atomic E-state index is 5.15. The van der Waals surface area contributed by atoms with Gasteiger partial charge in [0.25, 0.3) is 0 Å². The van der Waals surface area contributed by atoms with Crippen LogP contribution >= 0.6 is 0 Å². The van der Waals surface area contributed by atoms with Crippen LogP contribution in [0.5, 0.6) is 0 Å². The average molecular weight is 790 g/mol. The summed E-state index contributed by atoms with van der Waals surface area (Å²) in [5.74, 6) is 0. The fourth-order valence-corrected chi connectivity index (χ4v) is 9.33. The molecule has 0 amide bonds. The molecule has 3 heteroatoms. The first-order chi connectivity index (χ1) is 30.7. The van der Waals surface area contributed by atoms with Gasteiger partial charge in [0.15, 0.2) is 0 Å². The predicted octanol–water partition coefficient (Wildman–Crippen LogP) is 15.6. The molecule has 0 saturated heterocycles. The SMILES string of the molecule is c1ccc(-c2ccc(-n3c4ccccc4c4ccc(-c5ccc6c7ccccc7n(-c7cccc(-c8cc(-c9ccccc9)nc(-c9ccccc9)c8)c7)c6c5)cc43)cc2)cc1. The highest BCUT2D eigenvalue weighted by molar-refractivity contribution is 6.12. The Balaban J connectivity index is 1.00. The molecule has 0 aliphatic rings. The zero-order valence-corrected chi connectivity index (χ0v) is 33.9. The van der Waals surface area contributed by atoms with E-state index in [-0.39, 0.29) is 0 Å². The fourth-order valence-electron chi connectivity index (χ4n) is 9.33. The van der Waals surface area contributed by atoms with Crippen LogP contribution in [0.1, 0.15) is 0 Å². The summed E-state index contributed by atoms with van der Waals surface area (Å²) in [5, 5.41) is 4.95. The molecule has 0 aliphatic heterocycles. The van der Waals surface area contributed by atoms with Crippen LogP contribution in [0.3, 0.4) is 0 Å². The van der Waals surface area contributed by atoms with E-state index >= 15 is 0 Å². The Morgan fingerprint density at radius 1 is 0.226 bits per heavy atom. The van der Waals surface area contributed by atoms with E-state index < -0.39 is 0 Å². The number of benzene rings is 9. The van der Waals surface area contributed by atoms with Crippen LogP contribution in [0.2, 0.25) is 0 Å². The van der Waals surface area contributed by atoms with Gasteiger partial charge < -0.3 is 9.13 Å². The molecule has 0 fully saturated rings. The van der Waals surface area contributed by atoms with Crippen LogP contribution < -0.4 is 0 Å². The van der Waals surface area contributed by atoms with E-state index in [4.69, 9.17) is 4.98 Å². The highest BCUT2D eigenvalue weighted by Crippen LogP contribution is 2.39. The Labute approximate surface area is 360 Å². The van der Waals surface area contributed by atoms with Crippen molar-refractivity contribution in [2.75, 3.05) is 0 Å². The molecular formula is C59H39N3. The van der Waals surface area contributed by atoms with Gasteiger partial charge in [-0.2, -0.15) is 0 Å². The number of pyridine rings is 1. The van der Waals surface area contributed by atoms with Crippen LogP contribution in [0.4, 0.5) is 0 Å². The van der Waals surface area contributed by atoms with Crippen molar-refractivity contribution in [1.82, 2.24) is 14.1 Å². The van der Waals surface area contributed by atoms with E-state index in [2.05, 4.69) is 246 Å². The second-order valence-corrected chi connectivity index (χ2v) is 16.0. The smallest absolute Gasteiger partial charge is 0.0715 e. The van der Waals surface area contributed by atoms with E-state index in [0.717, 1.165) is 45.0 Å². The number of nitrogens with zero attached hydrogens (tertiary/aromatic N) is 3. The van der Waals surface area contributed by atoms with Gasteiger partial charge in [0.2, 0.25) is 0 Å². The van der Waals surface area contributed by atoms with Crippen molar-refractivity contribution >= 4 is 43.6 Å². The van der Waals surface area contributed by atoms with Gasteiger partial charge in [-0.05, 0) is 94.0 Å². The molecule has 12 aromatic rings. The van der Waals surface area contributed by atoms with Gasteiger partial charge in [-0.1, -0.05) is 176 Å². The van der Waals surface area contributed by atoms with Crippen molar-refractivity contribution in [2.24, 2.45) is 0 Å². The number of hydrogen-bond donors (Lipinski definition) is 0. The first-order valence-electron chi connectivity index (χ1n) is 21.2. The summed E-state index contributed by atoms with van der Waals surface area (Å²) in [5.41, 5.74) is 18.1. The molecule has 0 N–H and O–H groups in total. The predicted molar refractivity (Wildman–Crippen MR) is 260 cm³/mol. The lowest BCUT2D eigenvalue weighted by molar-refractivity contribution is 1.18. The van der Waals surface area contributed by atoms with Crippen molar-refractivity contribution in [3.05, 3.63) is 237 Å². The van der Waals surface area contributed by atoms with Crippen LogP contribution in [0.25, 0.3) is 111 Å². The van der Waals surface area contributed by atoms with Gasteiger partial charge >= 0.3 is 0 Å². The molecule has 0 unspecified atom stereocenters. The van der Waals surface area contributed by atoms with E-state index in [0.29, 0.717) is 0 Å². The van der Waals surface area contributed by atoms with Gasteiger partial charge in [-0.15, -0.1) is 0 Å². The van der Waals surface area contributed by atoms with Crippen molar-refractivity contribution in [3.8, 4) is 67.3 Å². The third kappa shape index (κ3) is 6.10. The molecule has 3 aromatic heterocycles. The first kappa shape index (κ1) is 35.7. The second kappa shape index (κ2) is 14.8. The lowest BCUT2D eigenvalue weighted by Gasteiger charge is -2.13. The lowest BCUT2D eigenvalue weighted by atomic mass is 9.99. The zero-order chi connectivity index (χ0) is 41.0. The lowest BCUT2D eigenvalue weighted by Crippen LogP contribution is -1.96. The Kier molecular flexibility index (Phi) is 8.50. The molecule has 0 radical (unpaired) electrons. The molecule has 12 rings (SSSR count). The Bertz CT molecular complexity index is 3540. The summed E-state index contributed by atoms with van der Waals surface area (Å²) >= 11 is 0. The summed E-state index contributed by atoms with van der Waals surface area (Å²) in [6.45, 7) is 0. The maximum Gasteiger partial charge on any atom is 0.0715 e. The Hall–Kier alpha value is -8.27. The van der Waals surface area contributed by atoms with Crippen molar-refractivity contribution < 1.29 is 0 Å². The van der Waals surface area contributed by atoms with Crippen molar-refractivity contribution in [2.45, 2.75) is 0 Å². The summed E-state index contributed by atoms with van der Waals surface area (Å²) in [6.07, 6.45) is 0. The Morgan fingerprint density at radius 3 is 1.18 bits per heavy atom. The second-order valence-electron chi connectivity index (χ2n) is 16.0. The van der Waals surface area contributed by atoms with Crippen LogP contribution in [0, 0.1) is 0 Å². The number of aromatic nitrogens is 3.